The van der Waals surface area contributed by atoms with Gasteiger partial charge >= 0.3 is 0 Å². The van der Waals surface area contributed by atoms with Crippen LogP contribution in [0.5, 0.6) is 0 Å². The van der Waals surface area contributed by atoms with Gasteiger partial charge in [-0.15, -0.1) is 11.3 Å². The summed E-state index contributed by atoms with van der Waals surface area (Å²) in [5.41, 5.74) is 20.3. The maximum absolute atomic E-state index is 6.67. The third-order valence-corrected chi connectivity index (χ3v) is 17.4. The van der Waals surface area contributed by atoms with Crippen molar-refractivity contribution in [1.29, 1.82) is 0 Å². The Kier molecular flexibility index (Phi) is 11.9. The lowest BCUT2D eigenvalue weighted by atomic mass is 9.69. The van der Waals surface area contributed by atoms with E-state index in [1.54, 1.807) is 11.3 Å². The lowest BCUT2D eigenvalue weighted by Crippen LogP contribution is -2.26. The van der Waals surface area contributed by atoms with Crippen LogP contribution in [0.1, 0.15) is 69.1 Å². The molecule has 6 heteroatoms. The van der Waals surface area contributed by atoms with E-state index in [1.807, 2.05) is 63.3 Å². The smallest absolute Gasteiger partial charge is 0.164 e. The Hall–Kier alpha value is -9.49. The molecule has 0 saturated heterocycles. The molecule has 13 aromatic rings. The molecule has 5 nitrogen and oxygen atoms in total. The van der Waals surface area contributed by atoms with E-state index in [4.69, 9.17) is 23.8 Å². The summed E-state index contributed by atoms with van der Waals surface area (Å²) in [7, 11) is 0. The number of hydrogen-bond donors (Lipinski definition) is 0. The molecule has 4 heterocycles. The summed E-state index contributed by atoms with van der Waals surface area (Å²) in [6.07, 6.45) is 9.54. The second kappa shape index (κ2) is 19.5. The van der Waals surface area contributed by atoms with Gasteiger partial charge in [0.15, 0.2) is 17.5 Å². The predicted octanol–water partition coefficient (Wildman–Crippen LogP) is 18.8. The van der Waals surface area contributed by atoms with E-state index in [1.165, 1.54) is 70.3 Å². The Labute approximate surface area is 468 Å². The molecule has 15 rings (SSSR count). The number of nitrogens with zero attached hydrogens (tertiary/aromatic N) is 3. The number of rotatable bonds is 8. The first-order valence-corrected chi connectivity index (χ1v) is 28.5. The fraction of sp³-hybridized carbons (Fsp3) is 0.0946. The summed E-state index contributed by atoms with van der Waals surface area (Å²) in [5, 5.41) is 6.21. The van der Waals surface area contributed by atoms with Crippen LogP contribution in [0.3, 0.4) is 0 Å². The standard InChI is InChI=1S/C72H49N3O2S.C2H6/c1-5-8-23-57-42(4)49-18-9-13-24-58(49)72(57)59-25-14-10-19-50(59)51-36-33-46(40-60(51)72)44-31-29-43(30-32-44)45-35-38-63-56(39-45)67(61(7-3)76-63)48(6-2)70-73-69(47-34-37-53-52-20-12-16-28-65(52)78-66(53)41-47)74-71(75-70)55-22-17-27-64-68(55)54-21-11-15-26-62(54)77-64;1-2/h6-41H,2,5H2,1,3-4H3;1-2H3/b23-8-,61-7+,67-48+;. The van der Waals surface area contributed by atoms with Gasteiger partial charge in [-0.05, 0) is 136 Å². The summed E-state index contributed by atoms with van der Waals surface area (Å²) >= 11 is 1.77. The van der Waals surface area contributed by atoms with E-state index in [0.717, 1.165) is 77.9 Å². The van der Waals surface area contributed by atoms with E-state index in [-0.39, 0.29) is 0 Å². The van der Waals surface area contributed by atoms with Gasteiger partial charge < -0.3 is 8.83 Å². The molecular formula is C74H55N3O2S. The van der Waals surface area contributed by atoms with E-state index in [0.29, 0.717) is 22.9 Å². The number of thiophene rings is 1. The van der Waals surface area contributed by atoms with Gasteiger partial charge in [0.2, 0.25) is 0 Å². The molecule has 0 saturated carbocycles. The van der Waals surface area contributed by atoms with Crippen LogP contribution in [-0.2, 0) is 5.41 Å². The van der Waals surface area contributed by atoms with Gasteiger partial charge in [0.25, 0.3) is 0 Å². The molecule has 384 valence electrons. The van der Waals surface area contributed by atoms with Gasteiger partial charge in [0, 0.05) is 58.2 Å². The average Bonchev–Trinajstić information content (AvgIpc) is 4.37. The molecule has 0 fully saturated rings. The zero-order chi connectivity index (χ0) is 54.2. The molecule has 4 aromatic heterocycles. The van der Waals surface area contributed by atoms with E-state index < -0.39 is 5.41 Å². The maximum Gasteiger partial charge on any atom is 0.164 e. The minimum Gasteiger partial charge on any atom is -0.456 e. The Morgan fingerprint density at radius 3 is 1.93 bits per heavy atom. The molecule has 0 bridgehead atoms. The predicted molar refractivity (Wildman–Crippen MR) is 335 cm³/mol. The molecule has 0 amide bonds. The molecule has 9 aromatic carbocycles. The molecule has 0 N–H and O–H groups in total. The minimum absolute atomic E-state index is 0.400. The van der Waals surface area contributed by atoms with Crippen LogP contribution in [-0.4, -0.2) is 15.0 Å². The first kappa shape index (κ1) is 48.9. The van der Waals surface area contributed by atoms with E-state index >= 15 is 0 Å². The zero-order valence-electron chi connectivity index (χ0n) is 45.3. The first-order chi connectivity index (χ1) is 39.4. The van der Waals surface area contributed by atoms with Gasteiger partial charge in [-0.25, -0.2) is 15.0 Å². The quantitative estimate of drug-likeness (QED) is 0.152. The highest BCUT2D eigenvalue weighted by Crippen LogP contribution is 2.62. The highest BCUT2D eigenvalue weighted by Gasteiger charge is 2.51. The second-order valence-electron chi connectivity index (χ2n) is 20.4. The molecule has 2 aliphatic rings. The van der Waals surface area contributed by atoms with Crippen molar-refractivity contribution in [2.24, 2.45) is 0 Å². The number of furan rings is 2. The van der Waals surface area contributed by atoms with Gasteiger partial charge in [0.1, 0.15) is 22.2 Å². The van der Waals surface area contributed by atoms with Gasteiger partial charge in [-0.2, -0.15) is 0 Å². The third kappa shape index (κ3) is 7.39. The SMILES string of the molecule is C=C/C(c1nc(-c2ccc3c(c2)sc2ccccc23)nc(-c2cccc3oc4ccccc4c23)n1)=c1\c(=C/C)oc2ccc(-c3ccc(-c4ccc5c(c4)C4(C(/C=C\CC)=C(C)c6ccccc64)c4ccccc4-5)cc3)cc12.CC. The van der Waals surface area contributed by atoms with Crippen molar-refractivity contribution in [3.63, 3.8) is 0 Å². The number of allylic oxidation sites excluding steroid dienone is 5. The first-order valence-electron chi connectivity index (χ1n) is 27.7. The summed E-state index contributed by atoms with van der Waals surface area (Å²) in [4.78, 5) is 16.0. The number of fused-ring (bicyclic) bond motifs is 14. The van der Waals surface area contributed by atoms with Gasteiger partial charge in [0.05, 0.1) is 5.41 Å². The Bertz CT molecular complexity index is 4890. The summed E-state index contributed by atoms with van der Waals surface area (Å²) in [6.45, 7) is 14.9. The zero-order valence-corrected chi connectivity index (χ0v) is 46.1. The summed E-state index contributed by atoms with van der Waals surface area (Å²) in [5.74, 6) is 1.59. The highest BCUT2D eigenvalue weighted by molar-refractivity contribution is 7.25. The van der Waals surface area contributed by atoms with Crippen LogP contribution in [0.2, 0.25) is 0 Å². The monoisotopic (exact) mass is 1050 g/mol. The van der Waals surface area contributed by atoms with Crippen LogP contribution < -0.4 is 10.6 Å². The summed E-state index contributed by atoms with van der Waals surface area (Å²) < 4.78 is 15.5. The van der Waals surface area contributed by atoms with Crippen molar-refractivity contribution in [2.45, 2.75) is 46.5 Å². The molecule has 0 aliphatic heterocycles. The Morgan fingerprint density at radius 1 is 0.525 bits per heavy atom. The lowest BCUT2D eigenvalue weighted by molar-refractivity contribution is 0.574. The van der Waals surface area contributed by atoms with Crippen molar-refractivity contribution in [1.82, 2.24) is 15.0 Å². The number of para-hydroxylation sites is 1. The number of aromatic nitrogens is 3. The van der Waals surface area contributed by atoms with Crippen LogP contribution in [0.4, 0.5) is 0 Å². The van der Waals surface area contributed by atoms with Crippen LogP contribution in [0, 0.1) is 0 Å². The average molecular weight is 1050 g/mol. The van der Waals surface area contributed by atoms with Gasteiger partial charge in [-0.1, -0.05) is 197 Å². The fourth-order valence-electron chi connectivity index (χ4n) is 12.7. The van der Waals surface area contributed by atoms with Gasteiger partial charge in [-0.3, -0.25) is 0 Å². The maximum atomic E-state index is 6.67. The third-order valence-electron chi connectivity index (χ3n) is 16.3. The Morgan fingerprint density at radius 2 is 1.14 bits per heavy atom. The molecule has 1 atom stereocenters. The lowest BCUT2D eigenvalue weighted by Gasteiger charge is -2.32. The molecule has 1 unspecified atom stereocenters. The van der Waals surface area contributed by atoms with Crippen LogP contribution in [0.25, 0.3) is 126 Å². The fourth-order valence-corrected chi connectivity index (χ4v) is 13.9. The van der Waals surface area contributed by atoms with Crippen LogP contribution >= 0.6 is 11.3 Å². The molecule has 2 aliphatic carbocycles. The minimum atomic E-state index is -0.400. The normalized spacial score (nSPS) is 15.1. The number of benzene rings is 9. The molecule has 0 radical (unpaired) electrons. The van der Waals surface area contributed by atoms with Crippen molar-refractivity contribution in [3.8, 4) is 56.2 Å². The van der Waals surface area contributed by atoms with Crippen molar-refractivity contribution < 1.29 is 8.83 Å². The topological polar surface area (TPSA) is 65.0 Å². The largest absolute Gasteiger partial charge is 0.456 e. The number of hydrogen-bond acceptors (Lipinski definition) is 6. The molecule has 1 spiro atoms. The molecular weight excluding hydrogens is 995 g/mol. The van der Waals surface area contributed by atoms with Crippen molar-refractivity contribution in [3.05, 3.63) is 263 Å². The Balaban J connectivity index is 0.00000285. The van der Waals surface area contributed by atoms with Crippen LogP contribution in [0.15, 0.2) is 233 Å². The highest BCUT2D eigenvalue weighted by atomic mass is 32.1. The second-order valence-corrected chi connectivity index (χ2v) is 21.5. The van der Waals surface area contributed by atoms with Crippen molar-refractivity contribution >= 4 is 81.6 Å². The van der Waals surface area contributed by atoms with E-state index in [9.17, 15) is 0 Å². The van der Waals surface area contributed by atoms with E-state index in [2.05, 4.69) is 196 Å². The summed E-state index contributed by atoms with van der Waals surface area (Å²) in [6, 6.07) is 69.8. The molecule has 80 heavy (non-hydrogen) atoms. The van der Waals surface area contributed by atoms with Crippen molar-refractivity contribution in [2.75, 3.05) is 0 Å².